The van der Waals surface area contributed by atoms with Gasteiger partial charge >= 0.3 is 0 Å². The summed E-state index contributed by atoms with van der Waals surface area (Å²) in [5.74, 6) is 0. The van der Waals surface area contributed by atoms with Gasteiger partial charge in [-0.3, -0.25) is 0 Å². The minimum absolute atomic E-state index is 0.602. The van der Waals surface area contributed by atoms with Crippen LogP contribution in [0.4, 0.5) is 0 Å². The molecule has 3 nitrogen and oxygen atoms in total. The Balaban J connectivity index is 1.83. The first-order valence-corrected chi connectivity index (χ1v) is 5.89. The lowest BCUT2D eigenvalue weighted by molar-refractivity contribution is 0.678. The minimum Gasteiger partial charge on any atom is -0.357 e. The molecule has 1 aliphatic carbocycles. The molecule has 0 atom stereocenters. The van der Waals surface area contributed by atoms with Gasteiger partial charge in [0, 0.05) is 30.3 Å². The lowest BCUT2D eigenvalue weighted by atomic mass is 10.1. The van der Waals surface area contributed by atoms with Gasteiger partial charge < -0.3 is 16.0 Å². The highest BCUT2D eigenvalue weighted by atomic mass is 15.0. The number of hydrogen-bond donors (Lipinski definition) is 3. The van der Waals surface area contributed by atoms with Crippen molar-refractivity contribution in [2.75, 3.05) is 0 Å². The van der Waals surface area contributed by atoms with Crippen LogP contribution in [-0.2, 0) is 13.1 Å². The Bertz CT molecular complexity index is 497. The van der Waals surface area contributed by atoms with Gasteiger partial charge in [-0.1, -0.05) is 12.1 Å². The van der Waals surface area contributed by atoms with E-state index in [2.05, 4.69) is 34.6 Å². The number of aromatic nitrogens is 1. The average molecular weight is 215 g/mol. The van der Waals surface area contributed by atoms with E-state index < -0.39 is 0 Å². The second-order valence-electron chi connectivity index (χ2n) is 4.58. The summed E-state index contributed by atoms with van der Waals surface area (Å²) in [6, 6.07) is 9.33. The van der Waals surface area contributed by atoms with Gasteiger partial charge in [0.15, 0.2) is 0 Å². The maximum absolute atomic E-state index is 5.63. The molecule has 3 rings (SSSR count). The maximum Gasteiger partial charge on any atom is 0.0459 e. The van der Waals surface area contributed by atoms with Crippen LogP contribution in [0.3, 0.4) is 0 Å². The molecule has 0 aliphatic heterocycles. The molecule has 0 spiro atoms. The predicted molar refractivity (Wildman–Crippen MR) is 66.1 cm³/mol. The van der Waals surface area contributed by atoms with E-state index in [1.54, 1.807) is 0 Å². The van der Waals surface area contributed by atoms with Crippen LogP contribution in [0, 0.1) is 0 Å². The second kappa shape index (κ2) is 3.92. The Kier molecular flexibility index (Phi) is 2.42. The van der Waals surface area contributed by atoms with Crippen LogP contribution in [0.1, 0.15) is 24.1 Å². The normalized spacial score (nSPS) is 15.8. The van der Waals surface area contributed by atoms with Crippen LogP contribution >= 0.6 is 0 Å². The molecule has 3 heteroatoms. The van der Waals surface area contributed by atoms with Gasteiger partial charge in [-0.25, -0.2) is 0 Å². The molecule has 1 heterocycles. The minimum atomic E-state index is 0.602. The topological polar surface area (TPSA) is 53.8 Å². The second-order valence-corrected chi connectivity index (χ2v) is 4.58. The molecule has 1 fully saturated rings. The average Bonchev–Trinajstić information content (AvgIpc) is 3.04. The number of benzene rings is 1. The van der Waals surface area contributed by atoms with Crippen molar-refractivity contribution in [2.45, 2.75) is 32.0 Å². The van der Waals surface area contributed by atoms with E-state index in [1.165, 1.54) is 35.0 Å². The Labute approximate surface area is 95.0 Å². The highest BCUT2D eigenvalue weighted by Gasteiger charge is 2.20. The largest absolute Gasteiger partial charge is 0.357 e. The first-order chi connectivity index (χ1) is 7.85. The van der Waals surface area contributed by atoms with Crippen molar-refractivity contribution in [1.29, 1.82) is 0 Å². The summed E-state index contributed by atoms with van der Waals surface area (Å²) in [5.41, 5.74) is 9.26. The predicted octanol–water partition coefficient (Wildman–Crippen LogP) is 1.88. The summed E-state index contributed by atoms with van der Waals surface area (Å²) in [4.78, 5) is 3.44. The number of hydrogen-bond acceptors (Lipinski definition) is 2. The van der Waals surface area contributed by atoms with Crippen molar-refractivity contribution in [1.82, 2.24) is 10.3 Å². The van der Waals surface area contributed by atoms with Crippen molar-refractivity contribution >= 4 is 10.9 Å². The number of nitrogens with one attached hydrogen (secondary N) is 2. The Hall–Kier alpha value is -1.32. The molecule has 1 aromatic carbocycles. The van der Waals surface area contributed by atoms with Gasteiger partial charge in [-0.15, -0.1) is 0 Å². The van der Waals surface area contributed by atoms with Gasteiger partial charge in [0.1, 0.15) is 0 Å². The van der Waals surface area contributed by atoms with E-state index in [0.717, 1.165) is 12.6 Å². The van der Waals surface area contributed by atoms with Crippen LogP contribution < -0.4 is 11.1 Å². The fourth-order valence-corrected chi connectivity index (χ4v) is 2.00. The highest BCUT2D eigenvalue weighted by molar-refractivity contribution is 5.81. The van der Waals surface area contributed by atoms with Gasteiger partial charge in [0.05, 0.1) is 0 Å². The Morgan fingerprint density at radius 1 is 1.31 bits per heavy atom. The van der Waals surface area contributed by atoms with Crippen molar-refractivity contribution < 1.29 is 0 Å². The van der Waals surface area contributed by atoms with E-state index in [0.29, 0.717) is 6.54 Å². The molecule has 4 N–H and O–H groups in total. The summed E-state index contributed by atoms with van der Waals surface area (Å²) in [6.07, 6.45) is 2.66. The van der Waals surface area contributed by atoms with E-state index in [-0.39, 0.29) is 0 Å². The summed E-state index contributed by atoms with van der Waals surface area (Å²) in [6.45, 7) is 1.54. The summed E-state index contributed by atoms with van der Waals surface area (Å²) >= 11 is 0. The molecular weight excluding hydrogens is 198 g/mol. The number of fused-ring (bicyclic) bond motifs is 1. The van der Waals surface area contributed by atoms with Crippen LogP contribution in [0.15, 0.2) is 24.3 Å². The number of nitrogens with two attached hydrogens (primary N) is 1. The SMILES string of the molecule is NCc1ccc2cc(CNC3CC3)[nH]c2c1. The summed E-state index contributed by atoms with van der Waals surface area (Å²) in [7, 11) is 0. The molecule has 1 aliphatic rings. The molecule has 1 aromatic heterocycles. The van der Waals surface area contributed by atoms with Gasteiger partial charge in [-0.05, 0) is 35.9 Å². The zero-order valence-electron chi connectivity index (χ0n) is 9.29. The van der Waals surface area contributed by atoms with E-state index >= 15 is 0 Å². The first kappa shape index (κ1) is 9.87. The number of rotatable bonds is 4. The Morgan fingerprint density at radius 2 is 2.19 bits per heavy atom. The Morgan fingerprint density at radius 3 is 2.94 bits per heavy atom. The quantitative estimate of drug-likeness (QED) is 0.729. The molecule has 16 heavy (non-hydrogen) atoms. The smallest absolute Gasteiger partial charge is 0.0459 e. The first-order valence-electron chi connectivity index (χ1n) is 5.89. The van der Waals surface area contributed by atoms with Gasteiger partial charge in [-0.2, -0.15) is 0 Å². The van der Waals surface area contributed by atoms with Gasteiger partial charge in [0.25, 0.3) is 0 Å². The highest BCUT2D eigenvalue weighted by Crippen LogP contribution is 2.21. The van der Waals surface area contributed by atoms with Crippen LogP contribution in [0.2, 0.25) is 0 Å². The number of aromatic amines is 1. The van der Waals surface area contributed by atoms with Gasteiger partial charge in [0.2, 0.25) is 0 Å². The molecule has 1 saturated carbocycles. The van der Waals surface area contributed by atoms with Crippen LogP contribution in [-0.4, -0.2) is 11.0 Å². The van der Waals surface area contributed by atoms with E-state index in [4.69, 9.17) is 5.73 Å². The lowest BCUT2D eigenvalue weighted by Crippen LogP contribution is -2.15. The molecule has 0 radical (unpaired) electrons. The summed E-state index contributed by atoms with van der Waals surface area (Å²) < 4.78 is 0. The standard InChI is InChI=1S/C13H17N3/c14-7-9-1-2-10-6-12(16-13(10)5-9)8-15-11-3-4-11/h1-2,5-6,11,15-16H,3-4,7-8,14H2. The molecule has 0 bridgehead atoms. The molecule has 0 saturated heterocycles. The van der Waals surface area contributed by atoms with E-state index in [9.17, 15) is 0 Å². The molecular formula is C13H17N3. The number of H-pyrrole nitrogens is 1. The fourth-order valence-electron chi connectivity index (χ4n) is 2.00. The van der Waals surface area contributed by atoms with Crippen LogP contribution in [0.5, 0.6) is 0 Å². The monoisotopic (exact) mass is 215 g/mol. The molecule has 2 aromatic rings. The molecule has 0 unspecified atom stereocenters. The van der Waals surface area contributed by atoms with E-state index in [1.807, 2.05) is 0 Å². The maximum atomic E-state index is 5.63. The van der Waals surface area contributed by atoms with Crippen LogP contribution in [0.25, 0.3) is 10.9 Å². The molecule has 0 amide bonds. The third-order valence-corrected chi connectivity index (χ3v) is 3.14. The van der Waals surface area contributed by atoms with Crippen molar-refractivity contribution in [2.24, 2.45) is 5.73 Å². The summed E-state index contributed by atoms with van der Waals surface area (Å²) in [5, 5.41) is 4.77. The van der Waals surface area contributed by atoms with Crippen molar-refractivity contribution in [3.05, 3.63) is 35.5 Å². The zero-order valence-corrected chi connectivity index (χ0v) is 9.29. The lowest BCUT2D eigenvalue weighted by Gasteiger charge is -1.98. The third-order valence-electron chi connectivity index (χ3n) is 3.14. The fraction of sp³-hybridized carbons (Fsp3) is 0.385. The molecule has 84 valence electrons. The third kappa shape index (κ3) is 1.96. The zero-order chi connectivity index (χ0) is 11.0. The van der Waals surface area contributed by atoms with Crippen molar-refractivity contribution in [3.63, 3.8) is 0 Å². The van der Waals surface area contributed by atoms with Crippen molar-refractivity contribution in [3.8, 4) is 0 Å².